The molecule has 0 aromatic rings. The van der Waals surface area contributed by atoms with E-state index in [-0.39, 0.29) is 6.54 Å². The van der Waals surface area contributed by atoms with Crippen molar-refractivity contribution >= 4 is 5.97 Å². The maximum atomic E-state index is 10.9. The SMILES string of the molecule is CNC1CCC(N(C)CC(C)(O)C(=O)O)CC1. The van der Waals surface area contributed by atoms with Gasteiger partial charge in [-0.05, 0) is 46.7 Å². The number of aliphatic carboxylic acids is 1. The second kappa shape index (κ2) is 5.80. The number of carboxylic acid groups (broad SMARTS) is 1. The fraction of sp³-hybridized carbons (Fsp3) is 0.917. The van der Waals surface area contributed by atoms with Gasteiger partial charge in [-0.15, -0.1) is 0 Å². The lowest BCUT2D eigenvalue weighted by atomic mass is 9.90. The monoisotopic (exact) mass is 244 g/mol. The van der Waals surface area contributed by atoms with Crippen molar-refractivity contribution in [3.63, 3.8) is 0 Å². The van der Waals surface area contributed by atoms with Crippen molar-refractivity contribution in [2.75, 3.05) is 20.6 Å². The highest BCUT2D eigenvalue weighted by molar-refractivity contribution is 5.76. The highest BCUT2D eigenvalue weighted by atomic mass is 16.4. The van der Waals surface area contributed by atoms with E-state index in [9.17, 15) is 9.90 Å². The molecule has 0 amide bonds. The second-order valence-electron chi connectivity index (χ2n) is 5.29. The molecule has 17 heavy (non-hydrogen) atoms. The third-order valence-electron chi connectivity index (χ3n) is 3.75. The summed E-state index contributed by atoms with van der Waals surface area (Å²) in [6.45, 7) is 1.53. The van der Waals surface area contributed by atoms with Gasteiger partial charge in [0.05, 0.1) is 0 Å². The summed E-state index contributed by atoms with van der Waals surface area (Å²) in [5, 5.41) is 21.9. The molecule has 0 aliphatic heterocycles. The molecule has 1 saturated carbocycles. The largest absolute Gasteiger partial charge is 0.479 e. The average molecular weight is 244 g/mol. The van der Waals surface area contributed by atoms with Gasteiger partial charge in [0.25, 0.3) is 0 Å². The molecule has 3 N–H and O–H groups in total. The summed E-state index contributed by atoms with van der Waals surface area (Å²) in [5.74, 6) is -1.16. The van der Waals surface area contributed by atoms with Crippen LogP contribution in [0.1, 0.15) is 32.6 Å². The van der Waals surface area contributed by atoms with Crippen LogP contribution in [0, 0.1) is 0 Å². The van der Waals surface area contributed by atoms with Gasteiger partial charge in [0.2, 0.25) is 0 Å². The van der Waals surface area contributed by atoms with Crippen molar-refractivity contribution in [1.29, 1.82) is 0 Å². The number of rotatable bonds is 5. The number of aliphatic hydroxyl groups is 1. The van der Waals surface area contributed by atoms with E-state index >= 15 is 0 Å². The Hall–Kier alpha value is -0.650. The van der Waals surface area contributed by atoms with Gasteiger partial charge in [-0.1, -0.05) is 0 Å². The van der Waals surface area contributed by atoms with Gasteiger partial charge in [-0.2, -0.15) is 0 Å². The molecule has 0 bridgehead atoms. The van der Waals surface area contributed by atoms with Crippen LogP contribution in [-0.2, 0) is 4.79 Å². The van der Waals surface area contributed by atoms with Crippen molar-refractivity contribution in [3.8, 4) is 0 Å². The van der Waals surface area contributed by atoms with Crippen LogP contribution >= 0.6 is 0 Å². The normalized spacial score (nSPS) is 29.0. The molecule has 0 aromatic carbocycles. The minimum absolute atomic E-state index is 0.178. The van der Waals surface area contributed by atoms with Crippen LogP contribution in [0.4, 0.5) is 0 Å². The maximum Gasteiger partial charge on any atom is 0.336 e. The summed E-state index contributed by atoms with van der Waals surface area (Å²) < 4.78 is 0. The van der Waals surface area contributed by atoms with Gasteiger partial charge in [-0.25, -0.2) is 4.79 Å². The Morgan fingerprint density at radius 1 is 1.41 bits per heavy atom. The zero-order valence-electron chi connectivity index (χ0n) is 10.9. The Kier molecular flexibility index (Phi) is 4.91. The van der Waals surface area contributed by atoms with Gasteiger partial charge in [0, 0.05) is 18.6 Å². The van der Waals surface area contributed by atoms with E-state index in [1.807, 2.05) is 19.0 Å². The van der Waals surface area contributed by atoms with Gasteiger partial charge < -0.3 is 15.5 Å². The Bertz CT molecular complexity index is 260. The van der Waals surface area contributed by atoms with E-state index in [1.54, 1.807) is 0 Å². The van der Waals surface area contributed by atoms with Crippen LogP contribution in [0.15, 0.2) is 0 Å². The molecule has 5 nitrogen and oxygen atoms in total. The first-order valence-corrected chi connectivity index (χ1v) is 6.20. The number of carbonyl (C=O) groups is 1. The number of nitrogens with one attached hydrogen (secondary N) is 1. The van der Waals surface area contributed by atoms with Crippen molar-refractivity contribution in [2.45, 2.75) is 50.3 Å². The number of hydrogen-bond acceptors (Lipinski definition) is 4. The molecule has 1 unspecified atom stereocenters. The molecule has 100 valence electrons. The summed E-state index contributed by atoms with van der Waals surface area (Å²) in [7, 11) is 3.87. The van der Waals surface area contributed by atoms with E-state index in [1.165, 1.54) is 6.92 Å². The molecule has 1 fully saturated rings. The summed E-state index contributed by atoms with van der Waals surface area (Å²) in [5.41, 5.74) is -1.66. The van der Waals surface area contributed by atoms with E-state index < -0.39 is 11.6 Å². The van der Waals surface area contributed by atoms with Crippen molar-refractivity contribution in [1.82, 2.24) is 10.2 Å². The first-order chi connectivity index (χ1) is 7.86. The summed E-state index contributed by atoms with van der Waals surface area (Å²) in [4.78, 5) is 12.8. The first-order valence-electron chi connectivity index (χ1n) is 6.20. The minimum atomic E-state index is -1.66. The zero-order valence-corrected chi connectivity index (χ0v) is 10.9. The molecular formula is C12H24N2O3. The third kappa shape index (κ3) is 3.94. The zero-order chi connectivity index (χ0) is 13.1. The molecule has 0 saturated heterocycles. The molecule has 0 radical (unpaired) electrons. The van der Waals surface area contributed by atoms with Crippen molar-refractivity contribution in [3.05, 3.63) is 0 Å². The average Bonchev–Trinajstić information content (AvgIpc) is 2.28. The van der Waals surface area contributed by atoms with Crippen LogP contribution < -0.4 is 5.32 Å². The highest BCUT2D eigenvalue weighted by Gasteiger charge is 2.34. The van der Waals surface area contributed by atoms with Crippen molar-refractivity contribution in [2.24, 2.45) is 0 Å². The van der Waals surface area contributed by atoms with Gasteiger partial charge in [0.15, 0.2) is 5.60 Å². The second-order valence-corrected chi connectivity index (χ2v) is 5.29. The van der Waals surface area contributed by atoms with E-state index in [0.29, 0.717) is 12.1 Å². The summed E-state index contributed by atoms with van der Waals surface area (Å²) in [6, 6.07) is 0.963. The van der Waals surface area contributed by atoms with Crippen LogP contribution in [0.5, 0.6) is 0 Å². The molecule has 0 aromatic heterocycles. The van der Waals surface area contributed by atoms with Gasteiger partial charge in [-0.3, -0.25) is 4.90 Å². The molecule has 1 aliphatic carbocycles. The first kappa shape index (κ1) is 14.4. The van der Waals surface area contributed by atoms with Gasteiger partial charge >= 0.3 is 5.97 Å². The topological polar surface area (TPSA) is 72.8 Å². The number of nitrogens with zero attached hydrogens (tertiary/aromatic N) is 1. The lowest BCUT2D eigenvalue weighted by molar-refractivity contribution is -0.158. The summed E-state index contributed by atoms with van der Waals surface area (Å²) >= 11 is 0. The van der Waals surface area contributed by atoms with E-state index in [0.717, 1.165) is 25.7 Å². The molecule has 0 spiro atoms. The predicted molar refractivity (Wildman–Crippen MR) is 66.0 cm³/mol. The molecule has 0 heterocycles. The fourth-order valence-corrected chi connectivity index (χ4v) is 2.49. The number of carboxylic acids is 1. The smallest absolute Gasteiger partial charge is 0.336 e. The Balaban J connectivity index is 2.44. The molecular weight excluding hydrogens is 220 g/mol. The van der Waals surface area contributed by atoms with Gasteiger partial charge in [0.1, 0.15) is 0 Å². The van der Waals surface area contributed by atoms with Crippen LogP contribution in [0.3, 0.4) is 0 Å². The summed E-state index contributed by atoms with van der Waals surface area (Å²) in [6.07, 6.45) is 4.33. The quantitative estimate of drug-likeness (QED) is 0.648. The number of hydrogen-bond donors (Lipinski definition) is 3. The van der Waals surface area contributed by atoms with E-state index in [4.69, 9.17) is 5.11 Å². The molecule has 1 aliphatic rings. The molecule has 1 rings (SSSR count). The Labute approximate surface area is 103 Å². The molecule has 1 atom stereocenters. The minimum Gasteiger partial charge on any atom is -0.479 e. The lowest BCUT2D eigenvalue weighted by Gasteiger charge is -2.36. The fourth-order valence-electron chi connectivity index (χ4n) is 2.49. The van der Waals surface area contributed by atoms with Crippen LogP contribution in [0.25, 0.3) is 0 Å². The highest BCUT2D eigenvalue weighted by Crippen LogP contribution is 2.23. The Morgan fingerprint density at radius 3 is 2.35 bits per heavy atom. The standard InChI is InChI=1S/C12H24N2O3/c1-12(17,11(15)16)8-14(3)10-6-4-9(13-2)5-7-10/h9-10,13,17H,4-8H2,1-3H3,(H,15,16). The lowest BCUT2D eigenvalue weighted by Crippen LogP contribution is -2.50. The number of likely N-dealkylation sites (N-methyl/N-ethyl adjacent to an activating group) is 1. The predicted octanol–water partition coefficient (Wildman–Crippen LogP) is 0.284. The van der Waals surface area contributed by atoms with E-state index in [2.05, 4.69) is 5.32 Å². The Morgan fingerprint density at radius 2 is 1.94 bits per heavy atom. The van der Waals surface area contributed by atoms with Crippen LogP contribution in [0.2, 0.25) is 0 Å². The van der Waals surface area contributed by atoms with Crippen LogP contribution in [-0.4, -0.2) is 59.4 Å². The van der Waals surface area contributed by atoms with Crippen molar-refractivity contribution < 1.29 is 15.0 Å². The maximum absolute atomic E-state index is 10.9. The molecule has 5 heteroatoms. The third-order valence-corrected chi connectivity index (χ3v) is 3.75.